The number of thiophene rings is 1. The molecule has 0 N–H and O–H groups in total. The summed E-state index contributed by atoms with van der Waals surface area (Å²) in [5.41, 5.74) is 23.5. The molecule has 11 aromatic rings. The average molecular weight is 846 g/mol. The summed E-state index contributed by atoms with van der Waals surface area (Å²) >= 11 is 1.92. The zero-order chi connectivity index (χ0) is 43.2. The number of nitrogens with zero attached hydrogens (tertiary/aromatic N) is 1. The van der Waals surface area contributed by atoms with Gasteiger partial charge in [0.25, 0.3) is 0 Å². The van der Waals surface area contributed by atoms with E-state index in [9.17, 15) is 0 Å². The van der Waals surface area contributed by atoms with E-state index in [1.165, 1.54) is 109 Å². The summed E-state index contributed by atoms with van der Waals surface area (Å²) in [7, 11) is 0. The Morgan fingerprint density at radius 2 is 0.908 bits per heavy atom. The highest BCUT2D eigenvalue weighted by molar-refractivity contribution is 7.26. The van der Waals surface area contributed by atoms with Gasteiger partial charge >= 0.3 is 0 Å². The van der Waals surface area contributed by atoms with Gasteiger partial charge in [0.15, 0.2) is 0 Å². The average Bonchev–Trinajstić information content (AvgIpc) is 3.99. The molecule has 65 heavy (non-hydrogen) atoms. The van der Waals surface area contributed by atoms with Crippen LogP contribution in [0.2, 0.25) is 0 Å². The van der Waals surface area contributed by atoms with Crippen molar-refractivity contribution in [1.29, 1.82) is 0 Å². The third kappa shape index (κ3) is 5.57. The quantitative estimate of drug-likeness (QED) is 0.161. The minimum atomic E-state index is -0.513. The lowest BCUT2D eigenvalue weighted by Gasteiger charge is -2.32. The number of benzene rings is 10. The third-order valence-electron chi connectivity index (χ3n) is 14.2. The van der Waals surface area contributed by atoms with Gasteiger partial charge in [-0.1, -0.05) is 182 Å². The summed E-state index contributed by atoms with van der Waals surface area (Å²) in [6.07, 6.45) is 0. The molecule has 2 aliphatic rings. The van der Waals surface area contributed by atoms with Gasteiger partial charge in [-0.15, -0.1) is 11.3 Å². The molecule has 1 aromatic heterocycles. The number of fused-ring (bicyclic) bond motifs is 14. The minimum Gasteiger partial charge on any atom is -0.310 e. The van der Waals surface area contributed by atoms with Crippen LogP contribution in [0.3, 0.4) is 0 Å². The first-order valence-electron chi connectivity index (χ1n) is 22.6. The van der Waals surface area contributed by atoms with Crippen molar-refractivity contribution < 1.29 is 0 Å². The smallest absolute Gasteiger partial charge is 0.0726 e. The maximum Gasteiger partial charge on any atom is 0.0726 e. The highest BCUT2D eigenvalue weighted by Gasteiger charge is 2.52. The van der Waals surface area contributed by atoms with Gasteiger partial charge in [0, 0.05) is 37.2 Å². The van der Waals surface area contributed by atoms with Crippen LogP contribution in [0.15, 0.2) is 224 Å². The van der Waals surface area contributed by atoms with Gasteiger partial charge in [0.1, 0.15) is 0 Å². The molecule has 1 heterocycles. The van der Waals surface area contributed by atoms with Crippen LogP contribution in [-0.4, -0.2) is 0 Å². The lowest BCUT2D eigenvalue weighted by Crippen LogP contribution is -2.26. The molecule has 0 aliphatic heterocycles. The van der Waals surface area contributed by atoms with E-state index in [0.29, 0.717) is 0 Å². The normalized spacial score (nSPS) is 14.4. The van der Waals surface area contributed by atoms with Crippen LogP contribution >= 0.6 is 11.3 Å². The molecule has 10 aromatic carbocycles. The first-order valence-corrected chi connectivity index (χ1v) is 23.4. The van der Waals surface area contributed by atoms with E-state index in [0.717, 1.165) is 17.1 Å². The molecule has 0 bridgehead atoms. The summed E-state index contributed by atoms with van der Waals surface area (Å²) in [4.78, 5) is 2.46. The molecule has 306 valence electrons. The van der Waals surface area contributed by atoms with Crippen molar-refractivity contribution in [2.75, 3.05) is 4.90 Å². The van der Waals surface area contributed by atoms with Crippen molar-refractivity contribution in [3.8, 4) is 55.6 Å². The summed E-state index contributed by atoms with van der Waals surface area (Å²) < 4.78 is 2.66. The van der Waals surface area contributed by atoms with E-state index in [1.807, 2.05) is 11.3 Å². The fraction of sp³-hybridized carbons (Fsp3) is 0.0476. The van der Waals surface area contributed by atoms with Crippen molar-refractivity contribution in [1.82, 2.24) is 0 Å². The number of aryl methyl sites for hydroxylation is 2. The molecule has 0 saturated carbocycles. The molecular weight excluding hydrogens is 803 g/mol. The fourth-order valence-electron chi connectivity index (χ4n) is 11.3. The van der Waals surface area contributed by atoms with Crippen molar-refractivity contribution in [3.63, 3.8) is 0 Å². The lowest BCUT2D eigenvalue weighted by molar-refractivity contribution is 0.794. The monoisotopic (exact) mass is 845 g/mol. The number of rotatable bonds is 6. The molecule has 1 spiro atoms. The largest absolute Gasteiger partial charge is 0.310 e. The number of hydrogen-bond donors (Lipinski definition) is 0. The zero-order valence-electron chi connectivity index (χ0n) is 36.2. The van der Waals surface area contributed by atoms with Gasteiger partial charge in [-0.05, 0) is 145 Å². The van der Waals surface area contributed by atoms with E-state index < -0.39 is 5.41 Å². The van der Waals surface area contributed by atoms with Crippen molar-refractivity contribution in [2.45, 2.75) is 19.3 Å². The van der Waals surface area contributed by atoms with Crippen LogP contribution < -0.4 is 4.90 Å². The maximum absolute atomic E-state index is 2.51. The van der Waals surface area contributed by atoms with Crippen molar-refractivity contribution in [3.05, 3.63) is 258 Å². The molecule has 2 heteroatoms. The van der Waals surface area contributed by atoms with Crippen LogP contribution in [-0.2, 0) is 5.41 Å². The summed E-state index contributed by atoms with van der Waals surface area (Å²) in [5, 5.41) is 2.68. The minimum absolute atomic E-state index is 0.513. The summed E-state index contributed by atoms with van der Waals surface area (Å²) in [5.74, 6) is 0. The summed E-state index contributed by atoms with van der Waals surface area (Å²) in [6, 6.07) is 83.7. The standard InChI is InChI=1S/C63H43NS/c1-40-16-9-10-21-48(40)49-34-32-46(38-41(49)2)64(45-30-28-43(29-31-45)42-17-5-3-6-18-42)47-33-35-52-51-22-11-13-26-55(51)63(58(52)39-47)56-27-14-12-23-53(56)60-57(63)36-37-59-61(60)54-25-15-24-50(62(54)65-59)44-19-7-4-8-20-44/h3-39H,1-2H3. The Morgan fingerprint density at radius 1 is 0.354 bits per heavy atom. The number of hydrogen-bond acceptors (Lipinski definition) is 2. The Labute approximate surface area is 384 Å². The van der Waals surface area contributed by atoms with Crippen LogP contribution in [0.1, 0.15) is 33.4 Å². The molecule has 1 nitrogen and oxygen atoms in total. The number of anilines is 3. The molecule has 0 radical (unpaired) electrons. The molecule has 2 aliphatic carbocycles. The van der Waals surface area contributed by atoms with Gasteiger partial charge in [0.05, 0.1) is 5.41 Å². The first kappa shape index (κ1) is 37.7. The fourth-order valence-corrected chi connectivity index (χ4v) is 12.6. The Balaban J connectivity index is 1.05. The molecule has 0 saturated heterocycles. The van der Waals surface area contributed by atoms with Crippen LogP contribution in [0.4, 0.5) is 17.1 Å². The Kier molecular flexibility index (Phi) is 8.50. The predicted molar refractivity (Wildman–Crippen MR) is 276 cm³/mol. The highest BCUT2D eigenvalue weighted by Crippen LogP contribution is 2.65. The molecule has 0 amide bonds. The Morgan fingerprint density at radius 3 is 1.65 bits per heavy atom. The molecule has 13 rings (SSSR count). The lowest BCUT2D eigenvalue weighted by atomic mass is 9.70. The predicted octanol–water partition coefficient (Wildman–Crippen LogP) is 17.5. The third-order valence-corrected chi connectivity index (χ3v) is 15.4. The van der Waals surface area contributed by atoms with Gasteiger partial charge in [-0.2, -0.15) is 0 Å². The van der Waals surface area contributed by atoms with Crippen molar-refractivity contribution >= 4 is 48.6 Å². The second kappa shape index (κ2) is 14.6. The molecular formula is C63H43NS. The zero-order valence-corrected chi connectivity index (χ0v) is 37.0. The maximum atomic E-state index is 2.51. The SMILES string of the molecule is Cc1ccccc1-c1ccc(N(c2ccc(-c3ccccc3)cc2)c2ccc3c(c2)C2(c4ccccc4-3)c3ccccc3-c3c2ccc2sc4c(-c5ccccc5)cccc4c32)cc1C. The highest BCUT2D eigenvalue weighted by atomic mass is 32.1. The van der Waals surface area contributed by atoms with Crippen LogP contribution in [0, 0.1) is 13.8 Å². The second-order valence-electron chi connectivity index (χ2n) is 17.6. The first-order chi connectivity index (χ1) is 32.1. The van der Waals surface area contributed by atoms with E-state index in [2.05, 4.69) is 243 Å². The van der Waals surface area contributed by atoms with E-state index in [4.69, 9.17) is 0 Å². The van der Waals surface area contributed by atoms with E-state index >= 15 is 0 Å². The van der Waals surface area contributed by atoms with Gasteiger partial charge in [0.2, 0.25) is 0 Å². The molecule has 1 atom stereocenters. The van der Waals surface area contributed by atoms with E-state index in [-0.39, 0.29) is 0 Å². The Hall–Kier alpha value is -7.78. The summed E-state index contributed by atoms with van der Waals surface area (Å²) in [6.45, 7) is 4.45. The van der Waals surface area contributed by atoms with Crippen LogP contribution in [0.5, 0.6) is 0 Å². The van der Waals surface area contributed by atoms with Crippen molar-refractivity contribution in [2.24, 2.45) is 0 Å². The topological polar surface area (TPSA) is 3.24 Å². The van der Waals surface area contributed by atoms with Gasteiger partial charge in [-0.3, -0.25) is 0 Å². The van der Waals surface area contributed by atoms with Crippen LogP contribution in [0.25, 0.3) is 75.8 Å². The van der Waals surface area contributed by atoms with Gasteiger partial charge < -0.3 is 4.90 Å². The molecule has 0 fully saturated rings. The second-order valence-corrected chi connectivity index (χ2v) is 18.7. The van der Waals surface area contributed by atoms with E-state index in [1.54, 1.807) is 0 Å². The van der Waals surface area contributed by atoms with Gasteiger partial charge in [-0.25, -0.2) is 0 Å². The Bertz CT molecular complexity index is 3670. The molecule has 1 unspecified atom stereocenters.